The molecule has 0 aromatic carbocycles. The zero-order chi connectivity index (χ0) is 28.2. The lowest BCUT2D eigenvalue weighted by Crippen LogP contribution is -2.49. The van der Waals surface area contributed by atoms with Crippen LogP contribution in [-0.2, 0) is 14.3 Å². The van der Waals surface area contributed by atoms with Crippen LogP contribution in [0.25, 0.3) is 0 Å². The van der Waals surface area contributed by atoms with Crippen molar-refractivity contribution in [3.8, 4) is 0 Å². The predicted molar refractivity (Wildman–Crippen MR) is 165 cm³/mol. The van der Waals surface area contributed by atoms with E-state index in [1.807, 2.05) is 11.0 Å². The van der Waals surface area contributed by atoms with E-state index in [1.165, 1.54) is 96.3 Å². The van der Waals surface area contributed by atoms with E-state index in [4.69, 9.17) is 4.74 Å². The maximum Gasteiger partial charge on any atom is 0.306 e. The Balaban J connectivity index is 2.24. The monoisotopic (exact) mass is 549 g/mol. The molecule has 0 spiro atoms. The van der Waals surface area contributed by atoms with Crippen molar-refractivity contribution in [2.45, 2.75) is 136 Å². The van der Waals surface area contributed by atoms with E-state index in [1.54, 1.807) is 0 Å². The molecule has 1 aliphatic rings. The number of piperazine rings is 1. The molecule has 0 atom stereocenters. The summed E-state index contributed by atoms with van der Waals surface area (Å²) in [4.78, 5) is 29.1. The van der Waals surface area contributed by atoms with Crippen LogP contribution in [0.2, 0.25) is 0 Å². The van der Waals surface area contributed by atoms with Gasteiger partial charge in [-0.3, -0.25) is 14.5 Å². The molecule has 1 amide bonds. The van der Waals surface area contributed by atoms with Crippen LogP contribution < -0.4 is 5.32 Å². The first-order valence-corrected chi connectivity index (χ1v) is 16.7. The molecular formula is C33H63N3O3. The standard InChI is InChI=1S/C33H63N3O3/c1-3-5-7-9-11-12-13-14-15-16-18-20-26-35(31-32(37)36-28-24-34-25-29-36)27-21-22-30-39-33(38)23-19-17-10-8-6-4-2/h21-22,34H,3-20,23-31H2,1-2H3. The number of esters is 1. The van der Waals surface area contributed by atoms with Gasteiger partial charge in [-0.1, -0.05) is 123 Å². The highest BCUT2D eigenvalue weighted by Crippen LogP contribution is 2.12. The van der Waals surface area contributed by atoms with Gasteiger partial charge in [0.1, 0.15) is 6.61 Å². The van der Waals surface area contributed by atoms with Gasteiger partial charge in [0.05, 0.1) is 6.54 Å². The Morgan fingerprint density at radius 2 is 1.23 bits per heavy atom. The van der Waals surface area contributed by atoms with Crippen molar-refractivity contribution in [1.29, 1.82) is 0 Å². The average Bonchev–Trinajstić information content (AvgIpc) is 2.95. The van der Waals surface area contributed by atoms with Gasteiger partial charge >= 0.3 is 5.97 Å². The quantitative estimate of drug-likeness (QED) is 0.0698. The lowest BCUT2D eigenvalue weighted by atomic mass is 10.1. The fourth-order valence-electron chi connectivity index (χ4n) is 5.17. The number of nitrogens with one attached hydrogen (secondary N) is 1. The molecule has 0 bridgehead atoms. The third-order valence-electron chi connectivity index (χ3n) is 7.76. The first kappa shape index (κ1) is 35.6. The van der Waals surface area contributed by atoms with Gasteiger partial charge in [-0.15, -0.1) is 0 Å². The molecule has 0 radical (unpaired) electrons. The van der Waals surface area contributed by atoms with Gasteiger partial charge in [-0.2, -0.15) is 0 Å². The maximum atomic E-state index is 12.9. The minimum Gasteiger partial charge on any atom is -0.461 e. The summed E-state index contributed by atoms with van der Waals surface area (Å²) in [5, 5.41) is 3.32. The van der Waals surface area contributed by atoms with E-state index in [0.717, 1.165) is 58.5 Å². The number of carbonyl (C=O) groups excluding carboxylic acids is 2. The minimum atomic E-state index is -0.0997. The normalized spacial score (nSPS) is 14.0. The molecule has 228 valence electrons. The number of nitrogens with zero attached hydrogens (tertiary/aromatic N) is 2. The molecule has 0 aromatic rings. The molecule has 0 aliphatic carbocycles. The third-order valence-corrected chi connectivity index (χ3v) is 7.76. The fourth-order valence-corrected chi connectivity index (χ4v) is 5.17. The molecule has 0 aromatic heterocycles. The highest BCUT2D eigenvalue weighted by Gasteiger charge is 2.18. The summed E-state index contributed by atoms with van der Waals surface area (Å²) in [5.74, 6) is 0.131. The maximum absolute atomic E-state index is 12.9. The van der Waals surface area contributed by atoms with Crippen molar-refractivity contribution in [2.24, 2.45) is 0 Å². The van der Waals surface area contributed by atoms with Crippen molar-refractivity contribution in [3.05, 3.63) is 12.2 Å². The SMILES string of the molecule is CCCCCCCCCCCCCCN(CC=CCOC(=O)CCCCCCCC)CC(=O)N1CCNCC1. The van der Waals surface area contributed by atoms with Gasteiger partial charge in [0.2, 0.25) is 5.91 Å². The van der Waals surface area contributed by atoms with Gasteiger partial charge < -0.3 is 15.0 Å². The van der Waals surface area contributed by atoms with Crippen molar-refractivity contribution in [3.63, 3.8) is 0 Å². The molecule has 39 heavy (non-hydrogen) atoms. The van der Waals surface area contributed by atoms with Crippen molar-refractivity contribution < 1.29 is 14.3 Å². The molecule has 0 saturated carbocycles. The number of rotatable bonds is 26. The summed E-state index contributed by atoms with van der Waals surface area (Å²) in [7, 11) is 0. The molecule has 6 nitrogen and oxygen atoms in total. The Hall–Kier alpha value is -1.40. The van der Waals surface area contributed by atoms with Crippen LogP contribution in [0.5, 0.6) is 0 Å². The van der Waals surface area contributed by atoms with Crippen LogP contribution in [0, 0.1) is 0 Å². The topological polar surface area (TPSA) is 61.9 Å². The molecule has 0 unspecified atom stereocenters. The molecule has 6 heteroatoms. The zero-order valence-electron chi connectivity index (χ0n) is 25.9. The van der Waals surface area contributed by atoms with Gasteiger partial charge in [-0.25, -0.2) is 0 Å². The zero-order valence-corrected chi connectivity index (χ0v) is 25.9. The molecule has 1 aliphatic heterocycles. The van der Waals surface area contributed by atoms with E-state index in [0.29, 0.717) is 19.6 Å². The van der Waals surface area contributed by atoms with E-state index in [9.17, 15) is 9.59 Å². The van der Waals surface area contributed by atoms with E-state index in [-0.39, 0.29) is 11.9 Å². The molecule has 1 heterocycles. The number of hydrogen-bond acceptors (Lipinski definition) is 5. The molecule has 1 saturated heterocycles. The number of amides is 1. The van der Waals surface area contributed by atoms with Gasteiger partial charge in [0.15, 0.2) is 0 Å². The number of hydrogen-bond donors (Lipinski definition) is 1. The van der Waals surface area contributed by atoms with Crippen LogP contribution in [-0.4, -0.2) is 74.1 Å². The second kappa shape index (κ2) is 26.8. The Labute approximate surface area is 241 Å². The van der Waals surface area contributed by atoms with Crippen molar-refractivity contribution >= 4 is 11.9 Å². The second-order valence-electron chi connectivity index (χ2n) is 11.4. The smallest absolute Gasteiger partial charge is 0.306 e. The van der Waals surface area contributed by atoms with Crippen LogP contribution in [0.3, 0.4) is 0 Å². The second-order valence-corrected chi connectivity index (χ2v) is 11.4. The Kier molecular flexibility index (Phi) is 24.5. The van der Waals surface area contributed by atoms with E-state index < -0.39 is 0 Å². The van der Waals surface area contributed by atoms with Crippen LogP contribution >= 0.6 is 0 Å². The summed E-state index contributed by atoms with van der Waals surface area (Å²) >= 11 is 0. The number of carbonyl (C=O) groups is 2. The summed E-state index contributed by atoms with van der Waals surface area (Å²) in [6.07, 6.45) is 27.6. The van der Waals surface area contributed by atoms with Crippen LogP contribution in [0.15, 0.2) is 12.2 Å². The summed E-state index contributed by atoms with van der Waals surface area (Å²) in [6.45, 7) is 10.3. The molecular weight excluding hydrogens is 486 g/mol. The Morgan fingerprint density at radius 1 is 0.718 bits per heavy atom. The summed E-state index contributed by atoms with van der Waals surface area (Å²) in [5.41, 5.74) is 0. The number of unbranched alkanes of at least 4 members (excludes halogenated alkanes) is 16. The Morgan fingerprint density at radius 3 is 1.79 bits per heavy atom. The third kappa shape index (κ3) is 22.0. The summed E-state index contributed by atoms with van der Waals surface area (Å²) < 4.78 is 5.38. The fraction of sp³-hybridized carbons (Fsp3) is 0.879. The van der Waals surface area contributed by atoms with E-state index in [2.05, 4.69) is 30.1 Å². The highest BCUT2D eigenvalue weighted by molar-refractivity contribution is 5.78. The highest BCUT2D eigenvalue weighted by atomic mass is 16.5. The minimum absolute atomic E-state index is 0.0997. The largest absolute Gasteiger partial charge is 0.461 e. The van der Waals surface area contributed by atoms with E-state index >= 15 is 0 Å². The molecule has 1 N–H and O–H groups in total. The van der Waals surface area contributed by atoms with Gasteiger partial charge in [0, 0.05) is 39.1 Å². The van der Waals surface area contributed by atoms with Crippen molar-refractivity contribution in [1.82, 2.24) is 15.1 Å². The lowest BCUT2D eigenvalue weighted by molar-refractivity contribution is -0.142. The molecule has 1 rings (SSSR count). The average molecular weight is 550 g/mol. The van der Waals surface area contributed by atoms with Gasteiger partial charge in [0.25, 0.3) is 0 Å². The molecule has 1 fully saturated rings. The summed E-state index contributed by atoms with van der Waals surface area (Å²) in [6, 6.07) is 0. The van der Waals surface area contributed by atoms with Gasteiger partial charge in [-0.05, 0) is 25.5 Å². The number of ether oxygens (including phenoxy) is 1. The Bertz CT molecular complexity index is 605. The van der Waals surface area contributed by atoms with Crippen molar-refractivity contribution in [2.75, 3.05) is 52.4 Å². The predicted octanol–water partition coefficient (Wildman–Crippen LogP) is 7.27. The van der Waals surface area contributed by atoms with Crippen LogP contribution in [0.1, 0.15) is 136 Å². The first-order valence-electron chi connectivity index (χ1n) is 16.7. The first-order chi connectivity index (χ1) is 19.2. The lowest BCUT2D eigenvalue weighted by Gasteiger charge is -2.30. The van der Waals surface area contributed by atoms with Crippen LogP contribution in [0.4, 0.5) is 0 Å².